The molecule has 0 unspecified atom stereocenters. The van der Waals surface area contributed by atoms with Crippen LogP contribution in [0.1, 0.15) is 12.8 Å². The van der Waals surface area contributed by atoms with Crippen LogP contribution in [0, 0.1) is 5.92 Å². The zero-order valence-electron chi connectivity index (χ0n) is 11.9. The summed E-state index contributed by atoms with van der Waals surface area (Å²) in [6.07, 6.45) is 4.57. The SMILES string of the molecule is O=C1CC[C@H](C(=O)N2CCN(c3ncccn3)CC2)CN1. The third kappa shape index (κ3) is 3.12. The summed E-state index contributed by atoms with van der Waals surface area (Å²) in [4.78, 5) is 36.0. The summed E-state index contributed by atoms with van der Waals surface area (Å²) < 4.78 is 0. The number of hydrogen-bond acceptors (Lipinski definition) is 5. The van der Waals surface area contributed by atoms with Gasteiger partial charge in [0.2, 0.25) is 17.8 Å². The summed E-state index contributed by atoms with van der Waals surface area (Å²) in [7, 11) is 0. The molecule has 7 heteroatoms. The number of piperidine rings is 1. The van der Waals surface area contributed by atoms with Gasteiger partial charge < -0.3 is 15.1 Å². The van der Waals surface area contributed by atoms with Gasteiger partial charge in [0, 0.05) is 51.5 Å². The van der Waals surface area contributed by atoms with Gasteiger partial charge in [-0.05, 0) is 12.5 Å². The summed E-state index contributed by atoms with van der Waals surface area (Å²) in [5.74, 6) is 0.852. The van der Waals surface area contributed by atoms with Gasteiger partial charge >= 0.3 is 0 Å². The first-order valence-corrected chi connectivity index (χ1v) is 7.31. The zero-order chi connectivity index (χ0) is 14.7. The highest BCUT2D eigenvalue weighted by Gasteiger charge is 2.30. The Morgan fingerprint density at radius 1 is 1.19 bits per heavy atom. The molecule has 0 aromatic carbocycles. The van der Waals surface area contributed by atoms with E-state index in [1.54, 1.807) is 18.5 Å². The van der Waals surface area contributed by atoms with Crippen molar-refractivity contribution < 1.29 is 9.59 Å². The summed E-state index contributed by atoms with van der Waals surface area (Å²) in [6.45, 7) is 3.33. The number of amides is 2. The molecule has 7 nitrogen and oxygen atoms in total. The van der Waals surface area contributed by atoms with Gasteiger partial charge in [0.25, 0.3) is 0 Å². The van der Waals surface area contributed by atoms with Crippen molar-refractivity contribution in [3.8, 4) is 0 Å². The number of carbonyl (C=O) groups is 2. The van der Waals surface area contributed by atoms with Crippen molar-refractivity contribution in [2.45, 2.75) is 12.8 Å². The van der Waals surface area contributed by atoms with Gasteiger partial charge in [0.15, 0.2) is 0 Å². The molecule has 2 aliphatic heterocycles. The van der Waals surface area contributed by atoms with Crippen LogP contribution in [0.4, 0.5) is 5.95 Å². The predicted molar refractivity (Wildman–Crippen MR) is 76.6 cm³/mol. The molecule has 0 spiro atoms. The monoisotopic (exact) mass is 289 g/mol. The molecule has 2 fully saturated rings. The molecular weight excluding hydrogens is 270 g/mol. The lowest BCUT2D eigenvalue weighted by atomic mass is 9.97. The van der Waals surface area contributed by atoms with E-state index in [4.69, 9.17) is 0 Å². The van der Waals surface area contributed by atoms with E-state index < -0.39 is 0 Å². The maximum atomic E-state index is 12.4. The molecule has 3 heterocycles. The Labute approximate surface area is 123 Å². The molecule has 112 valence electrons. The zero-order valence-corrected chi connectivity index (χ0v) is 11.9. The van der Waals surface area contributed by atoms with E-state index in [0.29, 0.717) is 32.5 Å². The Bertz CT molecular complexity index is 503. The Morgan fingerprint density at radius 3 is 2.52 bits per heavy atom. The van der Waals surface area contributed by atoms with Gasteiger partial charge in [-0.1, -0.05) is 0 Å². The normalized spacial score (nSPS) is 22.9. The summed E-state index contributed by atoms with van der Waals surface area (Å²) >= 11 is 0. The van der Waals surface area contributed by atoms with E-state index in [1.165, 1.54) is 0 Å². The van der Waals surface area contributed by atoms with Crippen LogP contribution in [0.25, 0.3) is 0 Å². The number of hydrogen-bond donors (Lipinski definition) is 1. The van der Waals surface area contributed by atoms with Gasteiger partial charge in [-0.25, -0.2) is 9.97 Å². The van der Waals surface area contributed by atoms with Gasteiger partial charge in [-0.3, -0.25) is 9.59 Å². The first-order chi connectivity index (χ1) is 10.2. The average Bonchev–Trinajstić information content (AvgIpc) is 2.56. The topological polar surface area (TPSA) is 78.4 Å². The van der Waals surface area contributed by atoms with Gasteiger partial charge in [-0.2, -0.15) is 0 Å². The van der Waals surface area contributed by atoms with Crippen molar-refractivity contribution in [2.24, 2.45) is 5.92 Å². The van der Waals surface area contributed by atoms with Crippen LogP contribution in [-0.4, -0.2) is 59.4 Å². The van der Waals surface area contributed by atoms with E-state index in [0.717, 1.165) is 19.0 Å². The number of piperazine rings is 1. The second-order valence-corrected chi connectivity index (χ2v) is 5.40. The van der Waals surface area contributed by atoms with Crippen molar-refractivity contribution in [2.75, 3.05) is 37.6 Å². The maximum absolute atomic E-state index is 12.4. The standard InChI is InChI=1S/C14H19N5O2/c20-12-3-2-11(10-17-12)13(21)18-6-8-19(9-7-18)14-15-4-1-5-16-14/h1,4-5,11H,2-3,6-10H2,(H,17,20)/t11-/m0/s1. The first kappa shape index (κ1) is 13.8. The van der Waals surface area contributed by atoms with Crippen molar-refractivity contribution in [1.29, 1.82) is 0 Å². The number of carbonyl (C=O) groups excluding carboxylic acids is 2. The number of nitrogens with zero attached hydrogens (tertiary/aromatic N) is 4. The van der Waals surface area contributed by atoms with E-state index in [1.807, 2.05) is 4.90 Å². The fourth-order valence-electron chi connectivity index (χ4n) is 2.78. The molecule has 0 aliphatic carbocycles. The molecule has 0 saturated carbocycles. The Balaban J connectivity index is 1.53. The molecular formula is C14H19N5O2. The van der Waals surface area contributed by atoms with Crippen molar-refractivity contribution in [3.63, 3.8) is 0 Å². The highest BCUT2D eigenvalue weighted by atomic mass is 16.2. The van der Waals surface area contributed by atoms with Crippen molar-refractivity contribution >= 4 is 17.8 Å². The minimum Gasteiger partial charge on any atom is -0.355 e. The van der Waals surface area contributed by atoms with E-state index in [2.05, 4.69) is 20.2 Å². The molecule has 0 radical (unpaired) electrons. The fourth-order valence-corrected chi connectivity index (χ4v) is 2.78. The number of rotatable bonds is 2. The fraction of sp³-hybridized carbons (Fsp3) is 0.571. The van der Waals surface area contributed by atoms with Gasteiger partial charge in [0.05, 0.1) is 5.92 Å². The number of anilines is 1. The van der Waals surface area contributed by atoms with Crippen LogP contribution in [0.5, 0.6) is 0 Å². The molecule has 0 bridgehead atoms. The van der Waals surface area contributed by atoms with E-state index in [-0.39, 0.29) is 17.7 Å². The molecule has 1 N–H and O–H groups in total. The second-order valence-electron chi connectivity index (χ2n) is 5.40. The van der Waals surface area contributed by atoms with Crippen molar-refractivity contribution in [1.82, 2.24) is 20.2 Å². The molecule has 2 saturated heterocycles. The number of nitrogens with one attached hydrogen (secondary N) is 1. The van der Waals surface area contributed by atoms with Crippen LogP contribution in [0.15, 0.2) is 18.5 Å². The van der Waals surface area contributed by atoms with Crippen LogP contribution in [0.3, 0.4) is 0 Å². The van der Waals surface area contributed by atoms with Gasteiger partial charge in [0.1, 0.15) is 0 Å². The summed E-state index contributed by atoms with van der Waals surface area (Å²) in [5.41, 5.74) is 0. The molecule has 2 amide bonds. The largest absolute Gasteiger partial charge is 0.355 e. The Morgan fingerprint density at radius 2 is 1.90 bits per heavy atom. The van der Waals surface area contributed by atoms with Crippen LogP contribution < -0.4 is 10.2 Å². The summed E-state index contributed by atoms with van der Waals surface area (Å²) in [6, 6.07) is 1.79. The van der Waals surface area contributed by atoms with E-state index >= 15 is 0 Å². The molecule has 21 heavy (non-hydrogen) atoms. The Hall–Kier alpha value is -2.18. The lowest BCUT2D eigenvalue weighted by molar-refractivity contribution is -0.137. The third-order valence-corrected chi connectivity index (χ3v) is 4.04. The van der Waals surface area contributed by atoms with Crippen LogP contribution >= 0.6 is 0 Å². The molecule has 1 aromatic rings. The molecule has 2 aliphatic rings. The van der Waals surface area contributed by atoms with Crippen LogP contribution in [0.2, 0.25) is 0 Å². The highest BCUT2D eigenvalue weighted by Crippen LogP contribution is 2.16. The molecule has 3 rings (SSSR count). The molecule has 1 aromatic heterocycles. The predicted octanol–water partition coefficient (Wildman–Crippen LogP) is -0.349. The average molecular weight is 289 g/mol. The highest BCUT2D eigenvalue weighted by molar-refractivity contribution is 5.83. The maximum Gasteiger partial charge on any atom is 0.227 e. The summed E-state index contributed by atoms with van der Waals surface area (Å²) in [5, 5.41) is 2.77. The minimum atomic E-state index is -0.0674. The number of aromatic nitrogens is 2. The smallest absolute Gasteiger partial charge is 0.227 e. The molecule has 1 atom stereocenters. The minimum absolute atomic E-state index is 0.0464. The van der Waals surface area contributed by atoms with Crippen molar-refractivity contribution in [3.05, 3.63) is 18.5 Å². The first-order valence-electron chi connectivity index (χ1n) is 7.31. The van der Waals surface area contributed by atoms with Gasteiger partial charge in [-0.15, -0.1) is 0 Å². The lowest BCUT2D eigenvalue weighted by Gasteiger charge is -2.37. The quantitative estimate of drug-likeness (QED) is 0.805. The Kier molecular flexibility index (Phi) is 3.98. The van der Waals surface area contributed by atoms with E-state index in [9.17, 15) is 9.59 Å². The third-order valence-electron chi connectivity index (χ3n) is 4.04. The van der Waals surface area contributed by atoms with Crippen LogP contribution in [-0.2, 0) is 9.59 Å². The lowest BCUT2D eigenvalue weighted by Crippen LogP contribution is -2.53. The second kappa shape index (κ2) is 6.07.